The fourth-order valence-corrected chi connectivity index (χ4v) is 1.27. The van der Waals surface area contributed by atoms with Crippen molar-refractivity contribution in [1.82, 2.24) is 19.9 Å². The Bertz CT molecular complexity index is 325. The van der Waals surface area contributed by atoms with Gasteiger partial charge < -0.3 is 10.6 Å². The summed E-state index contributed by atoms with van der Waals surface area (Å²) in [7, 11) is 1.78. The maximum Gasteiger partial charge on any atom is 0.191 e. The van der Waals surface area contributed by atoms with Crippen LogP contribution in [0.1, 0.15) is 19.5 Å². The first-order chi connectivity index (χ1) is 7.17. The minimum Gasteiger partial charge on any atom is -0.370 e. The van der Waals surface area contributed by atoms with Crippen LogP contribution in [-0.4, -0.2) is 38.9 Å². The van der Waals surface area contributed by atoms with Crippen LogP contribution in [0.2, 0.25) is 0 Å². The lowest BCUT2D eigenvalue weighted by atomic mass is 10.5. The van der Waals surface area contributed by atoms with Crippen molar-refractivity contribution >= 4 is 5.96 Å². The molecule has 6 heteroatoms. The average Bonchev–Trinajstić information content (AvgIpc) is 2.63. The molecule has 1 heterocycles. The lowest BCUT2D eigenvalue weighted by Crippen LogP contribution is -2.37. The van der Waals surface area contributed by atoms with E-state index in [0.29, 0.717) is 12.5 Å². The highest BCUT2D eigenvalue weighted by Gasteiger charge is 2.02. The zero-order valence-electron chi connectivity index (χ0n) is 9.51. The summed E-state index contributed by atoms with van der Waals surface area (Å²) in [5, 5.41) is 8.08. The summed E-state index contributed by atoms with van der Waals surface area (Å²) >= 11 is 0. The van der Waals surface area contributed by atoms with Gasteiger partial charge in [0.05, 0.1) is 12.7 Å². The molecule has 0 saturated carbocycles. The fourth-order valence-electron chi connectivity index (χ4n) is 1.27. The minimum atomic E-state index is 0.482. The van der Waals surface area contributed by atoms with Crippen molar-refractivity contribution in [3.05, 3.63) is 11.9 Å². The molecule has 84 valence electrons. The van der Waals surface area contributed by atoms with E-state index in [0.717, 1.165) is 18.8 Å². The number of aliphatic imine (C=N–C) groups is 1. The topological polar surface area (TPSA) is 72.3 Å². The maximum atomic E-state index is 5.81. The number of hydrogen-bond acceptors (Lipinski definition) is 3. The summed E-state index contributed by atoms with van der Waals surface area (Å²) < 4.78 is 0. The molecule has 0 unspecified atom stereocenters. The van der Waals surface area contributed by atoms with Crippen molar-refractivity contribution in [1.29, 1.82) is 0 Å². The molecule has 0 fully saturated rings. The van der Waals surface area contributed by atoms with Gasteiger partial charge in [0.1, 0.15) is 5.69 Å². The standard InChI is InChI=1S/C9H18N6/c1-4-15(5-2)9(10)11-6-8-7-12-14(3)13-8/h7H,4-6H2,1-3H3,(H2,10,11). The van der Waals surface area contributed by atoms with Crippen LogP contribution in [0.25, 0.3) is 0 Å². The molecule has 6 nitrogen and oxygen atoms in total. The van der Waals surface area contributed by atoms with Crippen LogP contribution in [0, 0.1) is 0 Å². The van der Waals surface area contributed by atoms with Gasteiger partial charge in [-0.2, -0.15) is 15.0 Å². The Kier molecular flexibility index (Phi) is 4.08. The van der Waals surface area contributed by atoms with E-state index in [-0.39, 0.29) is 0 Å². The fraction of sp³-hybridized carbons (Fsp3) is 0.667. The number of nitrogens with zero attached hydrogens (tertiary/aromatic N) is 5. The molecule has 1 aromatic heterocycles. The lowest BCUT2D eigenvalue weighted by molar-refractivity contribution is 0.458. The van der Waals surface area contributed by atoms with E-state index in [1.807, 2.05) is 18.7 Å². The molecule has 0 aromatic carbocycles. The second kappa shape index (κ2) is 5.33. The van der Waals surface area contributed by atoms with Crippen molar-refractivity contribution < 1.29 is 0 Å². The summed E-state index contributed by atoms with van der Waals surface area (Å²) in [4.78, 5) is 7.76. The highest BCUT2D eigenvalue weighted by atomic mass is 15.4. The summed E-state index contributed by atoms with van der Waals surface area (Å²) in [6, 6.07) is 0. The van der Waals surface area contributed by atoms with Gasteiger partial charge in [-0.25, -0.2) is 4.99 Å². The molecule has 1 rings (SSSR count). The number of hydrogen-bond donors (Lipinski definition) is 1. The highest BCUT2D eigenvalue weighted by Crippen LogP contribution is 1.95. The molecule has 0 spiro atoms. The Morgan fingerprint density at radius 3 is 2.67 bits per heavy atom. The third-order valence-electron chi connectivity index (χ3n) is 2.14. The van der Waals surface area contributed by atoms with Gasteiger partial charge in [-0.3, -0.25) is 0 Å². The van der Waals surface area contributed by atoms with Gasteiger partial charge >= 0.3 is 0 Å². The normalized spacial score (nSPS) is 11.8. The Morgan fingerprint density at radius 1 is 1.53 bits per heavy atom. The first kappa shape index (κ1) is 11.5. The Labute approximate surface area is 89.8 Å². The quantitative estimate of drug-likeness (QED) is 0.559. The largest absolute Gasteiger partial charge is 0.370 e. The molecule has 2 N–H and O–H groups in total. The summed E-state index contributed by atoms with van der Waals surface area (Å²) in [5.41, 5.74) is 6.64. The van der Waals surface area contributed by atoms with Gasteiger partial charge in [0.15, 0.2) is 5.96 Å². The van der Waals surface area contributed by atoms with Crippen LogP contribution in [0.3, 0.4) is 0 Å². The van der Waals surface area contributed by atoms with Crippen LogP contribution >= 0.6 is 0 Å². The molecule has 1 aromatic rings. The molecule has 0 amide bonds. The zero-order chi connectivity index (χ0) is 11.3. The molecule has 0 aliphatic heterocycles. The van der Waals surface area contributed by atoms with Crippen LogP contribution in [0.15, 0.2) is 11.2 Å². The molecule has 15 heavy (non-hydrogen) atoms. The van der Waals surface area contributed by atoms with E-state index in [4.69, 9.17) is 5.73 Å². The molecule has 0 radical (unpaired) electrons. The Hall–Kier alpha value is -1.59. The van der Waals surface area contributed by atoms with E-state index in [1.54, 1.807) is 13.2 Å². The van der Waals surface area contributed by atoms with Crippen molar-refractivity contribution in [3.8, 4) is 0 Å². The van der Waals surface area contributed by atoms with E-state index in [1.165, 1.54) is 4.80 Å². The second-order valence-corrected chi connectivity index (χ2v) is 3.17. The SMILES string of the molecule is CCN(CC)C(N)=NCc1cnn(C)n1. The predicted octanol–water partition coefficient (Wildman–Crippen LogP) is -0.0284. The van der Waals surface area contributed by atoms with Gasteiger partial charge in [0, 0.05) is 20.1 Å². The third kappa shape index (κ3) is 3.23. The van der Waals surface area contributed by atoms with Crippen LogP contribution in [0.4, 0.5) is 0 Å². The van der Waals surface area contributed by atoms with E-state index in [9.17, 15) is 0 Å². The monoisotopic (exact) mass is 210 g/mol. The summed E-state index contributed by atoms with van der Waals surface area (Å²) in [5.74, 6) is 0.561. The van der Waals surface area contributed by atoms with Gasteiger partial charge in [-0.15, -0.1) is 0 Å². The predicted molar refractivity (Wildman–Crippen MR) is 59.3 cm³/mol. The second-order valence-electron chi connectivity index (χ2n) is 3.17. The summed E-state index contributed by atoms with van der Waals surface area (Å²) in [6.45, 7) is 6.32. The molecule has 0 atom stereocenters. The molecular formula is C9H18N6. The zero-order valence-corrected chi connectivity index (χ0v) is 9.51. The Morgan fingerprint density at radius 2 is 2.20 bits per heavy atom. The smallest absolute Gasteiger partial charge is 0.191 e. The first-order valence-electron chi connectivity index (χ1n) is 5.07. The molecular weight excluding hydrogens is 192 g/mol. The van der Waals surface area contributed by atoms with Gasteiger partial charge in [-0.05, 0) is 13.8 Å². The summed E-state index contributed by atoms with van der Waals surface area (Å²) in [6.07, 6.45) is 1.69. The number of aromatic nitrogens is 3. The van der Waals surface area contributed by atoms with Gasteiger partial charge in [-0.1, -0.05) is 0 Å². The number of aryl methyl sites for hydroxylation is 1. The van der Waals surface area contributed by atoms with Crippen LogP contribution in [-0.2, 0) is 13.6 Å². The van der Waals surface area contributed by atoms with E-state index < -0.39 is 0 Å². The van der Waals surface area contributed by atoms with Crippen molar-refractivity contribution in [2.24, 2.45) is 17.8 Å². The molecule has 0 saturated heterocycles. The van der Waals surface area contributed by atoms with Crippen molar-refractivity contribution in [2.45, 2.75) is 20.4 Å². The first-order valence-corrected chi connectivity index (χ1v) is 5.07. The molecule has 0 aliphatic rings. The number of rotatable bonds is 4. The van der Waals surface area contributed by atoms with Crippen LogP contribution in [0.5, 0.6) is 0 Å². The van der Waals surface area contributed by atoms with Gasteiger partial charge in [0.25, 0.3) is 0 Å². The molecule has 0 aliphatic carbocycles. The highest BCUT2D eigenvalue weighted by molar-refractivity contribution is 5.77. The number of guanidine groups is 1. The lowest BCUT2D eigenvalue weighted by Gasteiger charge is -2.18. The minimum absolute atomic E-state index is 0.482. The maximum absolute atomic E-state index is 5.81. The van der Waals surface area contributed by atoms with Crippen molar-refractivity contribution in [3.63, 3.8) is 0 Å². The van der Waals surface area contributed by atoms with Crippen LogP contribution < -0.4 is 5.73 Å². The van der Waals surface area contributed by atoms with E-state index >= 15 is 0 Å². The Balaban J connectivity index is 2.56. The number of nitrogens with two attached hydrogens (primary N) is 1. The third-order valence-corrected chi connectivity index (χ3v) is 2.14. The van der Waals surface area contributed by atoms with E-state index in [2.05, 4.69) is 15.2 Å². The van der Waals surface area contributed by atoms with Gasteiger partial charge in [0.2, 0.25) is 0 Å². The van der Waals surface area contributed by atoms with Crippen molar-refractivity contribution in [2.75, 3.05) is 13.1 Å². The molecule has 0 bridgehead atoms. The average molecular weight is 210 g/mol.